The van der Waals surface area contributed by atoms with Gasteiger partial charge in [-0.3, -0.25) is 5.41 Å². The first-order valence-electron chi connectivity index (χ1n) is 6.24. The number of halogens is 1. The molecular weight excluding hydrogens is 305 g/mol. The number of nitrogens with zero attached hydrogens (tertiary/aromatic N) is 1. The van der Waals surface area contributed by atoms with Crippen LogP contribution in [0.3, 0.4) is 0 Å². The molecule has 0 aliphatic carbocycles. The Hall–Kier alpha value is -1.92. The molecule has 0 atom stereocenters. The zero-order valence-corrected chi connectivity index (χ0v) is 12.6. The highest BCUT2D eigenvalue weighted by molar-refractivity contribution is 8.00. The third-order valence-electron chi connectivity index (χ3n) is 2.99. The molecule has 3 aromatic rings. The summed E-state index contributed by atoms with van der Waals surface area (Å²) in [6.07, 6.45) is 0. The molecule has 6 heteroatoms. The molecule has 3 N–H and O–H groups in total. The summed E-state index contributed by atoms with van der Waals surface area (Å²) in [5, 5.41) is 7.53. The van der Waals surface area contributed by atoms with E-state index in [2.05, 4.69) is 4.98 Å². The molecule has 21 heavy (non-hydrogen) atoms. The minimum Gasteiger partial charge on any atom is -0.384 e. The Morgan fingerprint density at radius 3 is 2.86 bits per heavy atom. The lowest BCUT2D eigenvalue weighted by atomic mass is 10.1. The first-order chi connectivity index (χ1) is 10.1. The zero-order chi connectivity index (χ0) is 14.8. The Bertz CT molecular complexity index is 781. The average molecular weight is 317 g/mol. The van der Waals surface area contributed by atoms with E-state index in [-0.39, 0.29) is 11.7 Å². The normalized spacial score (nSPS) is 10.9. The van der Waals surface area contributed by atoms with Gasteiger partial charge in [-0.1, -0.05) is 30.0 Å². The monoisotopic (exact) mass is 317 g/mol. The lowest BCUT2D eigenvalue weighted by Crippen LogP contribution is -2.13. The predicted molar refractivity (Wildman–Crippen MR) is 86.6 cm³/mol. The van der Waals surface area contributed by atoms with E-state index in [1.807, 2.05) is 24.3 Å². The summed E-state index contributed by atoms with van der Waals surface area (Å²) in [6.45, 7) is 0. The number of amidine groups is 1. The summed E-state index contributed by atoms with van der Waals surface area (Å²) in [6, 6.07) is 12.3. The van der Waals surface area contributed by atoms with Crippen LogP contribution in [0, 0.1) is 11.2 Å². The Labute approximate surface area is 129 Å². The fraction of sp³-hybridized carbons (Fsp3) is 0.0667. The van der Waals surface area contributed by atoms with Gasteiger partial charge in [0.25, 0.3) is 0 Å². The number of thiazole rings is 1. The highest BCUT2D eigenvalue weighted by atomic mass is 32.2. The predicted octanol–water partition coefficient (Wildman–Crippen LogP) is 4.01. The Balaban J connectivity index is 1.83. The molecular formula is C15H12FN3S2. The van der Waals surface area contributed by atoms with Gasteiger partial charge < -0.3 is 5.73 Å². The van der Waals surface area contributed by atoms with Crippen molar-refractivity contribution in [1.29, 1.82) is 5.41 Å². The molecule has 0 unspecified atom stereocenters. The van der Waals surface area contributed by atoms with Crippen LogP contribution in [-0.2, 0) is 5.75 Å². The number of rotatable bonds is 4. The van der Waals surface area contributed by atoms with E-state index in [1.165, 1.54) is 12.1 Å². The van der Waals surface area contributed by atoms with E-state index in [9.17, 15) is 4.39 Å². The standard InChI is InChI=1S/C15H12FN3S2/c16-10-6-5-9(11(7-10)14(17)18)8-20-15-19-12-3-1-2-4-13(12)21-15/h1-7H,8H2,(H3,17,18). The maximum absolute atomic E-state index is 13.2. The second kappa shape index (κ2) is 5.83. The number of aromatic nitrogens is 1. The van der Waals surface area contributed by atoms with Crippen LogP contribution in [0.15, 0.2) is 46.8 Å². The molecule has 0 bridgehead atoms. The molecule has 0 spiro atoms. The number of hydrogen-bond donors (Lipinski definition) is 2. The molecule has 2 aromatic carbocycles. The van der Waals surface area contributed by atoms with Crippen molar-refractivity contribution >= 4 is 39.2 Å². The maximum atomic E-state index is 13.2. The molecule has 0 aliphatic heterocycles. The van der Waals surface area contributed by atoms with Gasteiger partial charge in [-0.25, -0.2) is 9.37 Å². The van der Waals surface area contributed by atoms with Crippen molar-refractivity contribution in [3.63, 3.8) is 0 Å². The minimum atomic E-state index is -0.381. The minimum absolute atomic E-state index is 0.116. The van der Waals surface area contributed by atoms with Crippen molar-refractivity contribution in [3.05, 3.63) is 59.4 Å². The highest BCUT2D eigenvalue weighted by Crippen LogP contribution is 2.32. The number of fused-ring (bicyclic) bond motifs is 1. The van der Waals surface area contributed by atoms with Gasteiger partial charge in [0.05, 0.1) is 10.2 Å². The Morgan fingerprint density at radius 2 is 2.10 bits per heavy atom. The van der Waals surface area contributed by atoms with Crippen molar-refractivity contribution in [2.75, 3.05) is 0 Å². The first-order valence-corrected chi connectivity index (χ1v) is 8.05. The van der Waals surface area contributed by atoms with Gasteiger partial charge in [-0.05, 0) is 29.8 Å². The molecule has 0 amide bonds. The quantitative estimate of drug-likeness (QED) is 0.434. The van der Waals surface area contributed by atoms with Crippen molar-refractivity contribution in [1.82, 2.24) is 4.98 Å². The van der Waals surface area contributed by atoms with Gasteiger partial charge in [0, 0.05) is 11.3 Å². The molecule has 0 fully saturated rings. The van der Waals surface area contributed by atoms with Crippen LogP contribution in [0.5, 0.6) is 0 Å². The van der Waals surface area contributed by atoms with Gasteiger partial charge in [0.1, 0.15) is 11.7 Å². The van der Waals surface area contributed by atoms with E-state index in [0.29, 0.717) is 11.3 Å². The van der Waals surface area contributed by atoms with Crippen LogP contribution < -0.4 is 5.73 Å². The number of nitrogen functional groups attached to an aromatic ring is 1. The number of benzene rings is 2. The van der Waals surface area contributed by atoms with Crippen LogP contribution in [0.2, 0.25) is 0 Å². The van der Waals surface area contributed by atoms with Crippen LogP contribution >= 0.6 is 23.1 Å². The fourth-order valence-corrected chi connectivity index (χ4v) is 4.05. The van der Waals surface area contributed by atoms with Crippen molar-refractivity contribution in [2.24, 2.45) is 5.73 Å². The molecule has 0 radical (unpaired) electrons. The van der Waals surface area contributed by atoms with Crippen LogP contribution in [0.25, 0.3) is 10.2 Å². The lowest BCUT2D eigenvalue weighted by molar-refractivity contribution is 0.627. The molecule has 0 aliphatic rings. The van der Waals surface area contributed by atoms with Crippen LogP contribution in [-0.4, -0.2) is 10.8 Å². The first kappa shape index (κ1) is 14.0. The largest absolute Gasteiger partial charge is 0.384 e. The number of thioether (sulfide) groups is 1. The van der Waals surface area contributed by atoms with Crippen molar-refractivity contribution in [2.45, 2.75) is 10.1 Å². The lowest BCUT2D eigenvalue weighted by Gasteiger charge is -2.07. The van der Waals surface area contributed by atoms with Gasteiger partial charge in [0.2, 0.25) is 0 Å². The molecule has 3 nitrogen and oxygen atoms in total. The summed E-state index contributed by atoms with van der Waals surface area (Å²) < 4.78 is 15.3. The van der Waals surface area contributed by atoms with E-state index in [1.54, 1.807) is 29.2 Å². The number of nitrogens with two attached hydrogens (primary N) is 1. The zero-order valence-electron chi connectivity index (χ0n) is 11.0. The van der Waals surface area contributed by atoms with E-state index in [0.717, 1.165) is 20.1 Å². The molecule has 0 saturated heterocycles. The van der Waals surface area contributed by atoms with Crippen LogP contribution in [0.1, 0.15) is 11.1 Å². The molecule has 1 aromatic heterocycles. The summed E-state index contributed by atoms with van der Waals surface area (Å²) >= 11 is 3.20. The van der Waals surface area contributed by atoms with Gasteiger partial charge in [-0.2, -0.15) is 0 Å². The van der Waals surface area contributed by atoms with Gasteiger partial charge in [-0.15, -0.1) is 11.3 Å². The van der Waals surface area contributed by atoms with Crippen LogP contribution in [0.4, 0.5) is 4.39 Å². The second-order valence-corrected chi connectivity index (χ2v) is 6.70. The summed E-state index contributed by atoms with van der Waals surface area (Å²) in [4.78, 5) is 4.54. The van der Waals surface area contributed by atoms with Crippen molar-refractivity contribution < 1.29 is 4.39 Å². The Morgan fingerprint density at radius 1 is 1.29 bits per heavy atom. The molecule has 3 rings (SSSR count). The van der Waals surface area contributed by atoms with Gasteiger partial charge in [0.15, 0.2) is 4.34 Å². The third kappa shape index (κ3) is 3.06. The Kier molecular flexibility index (Phi) is 3.90. The summed E-state index contributed by atoms with van der Waals surface area (Å²) in [7, 11) is 0. The maximum Gasteiger partial charge on any atom is 0.151 e. The third-order valence-corrected chi connectivity index (χ3v) is 5.22. The van der Waals surface area contributed by atoms with E-state index >= 15 is 0 Å². The van der Waals surface area contributed by atoms with E-state index in [4.69, 9.17) is 11.1 Å². The number of hydrogen-bond acceptors (Lipinski definition) is 4. The van der Waals surface area contributed by atoms with Crippen molar-refractivity contribution in [3.8, 4) is 0 Å². The van der Waals surface area contributed by atoms with Gasteiger partial charge >= 0.3 is 0 Å². The fourth-order valence-electron chi connectivity index (χ4n) is 1.98. The molecule has 0 saturated carbocycles. The molecule has 1 heterocycles. The highest BCUT2D eigenvalue weighted by Gasteiger charge is 2.09. The smallest absolute Gasteiger partial charge is 0.151 e. The summed E-state index contributed by atoms with van der Waals surface area (Å²) in [5.74, 6) is 0.109. The topological polar surface area (TPSA) is 62.8 Å². The molecule has 106 valence electrons. The number of para-hydroxylation sites is 1. The SMILES string of the molecule is N=C(N)c1cc(F)ccc1CSc1nc2ccccc2s1. The van der Waals surface area contributed by atoms with E-state index < -0.39 is 0 Å². The number of nitrogens with one attached hydrogen (secondary N) is 1. The average Bonchev–Trinajstić information content (AvgIpc) is 2.88. The second-order valence-electron chi connectivity index (χ2n) is 4.45. The summed E-state index contributed by atoms with van der Waals surface area (Å²) in [5.41, 5.74) is 7.78.